The summed E-state index contributed by atoms with van der Waals surface area (Å²) in [4.78, 5) is 18.3. The van der Waals surface area contributed by atoms with Crippen molar-refractivity contribution in [3.05, 3.63) is 36.5 Å². The van der Waals surface area contributed by atoms with Crippen LogP contribution in [0.25, 0.3) is 0 Å². The van der Waals surface area contributed by atoms with Gasteiger partial charge in [0.1, 0.15) is 17.9 Å². The second-order valence-corrected chi connectivity index (χ2v) is 8.33. The highest BCUT2D eigenvalue weighted by molar-refractivity contribution is 8.76. The molecule has 1 aliphatic heterocycles. The minimum Gasteiger partial charge on any atom is -0.448 e. The van der Waals surface area contributed by atoms with Gasteiger partial charge in [0.05, 0.1) is 13.2 Å². The van der Waals surface area contributed by atoms with Gasteiger partial charge in [0.2, 0.25) is 0 Å². The molecule has 1 saturated heterocycles. The smallest absolute Gasteiger partial charge is 0.411 e. The fourth-order valence-electron chi connectivity index (χ4n) is 3.03. The molecule has 0 bridgehead atoms. The highest BCUT2D eigenvalue weighted by Crippen LogP contribution is 2.35. The van der Waals surface area contributed by atoms with Crippen LogP contribution in [0.2, 0.25) is 0 Å². The molecular weight excluding hydrogens is 344 g/mol. The molecule has 2 aliphatic rings. The first-order valence-corrected chi connectivity index (χ1v) is 10.5. The predicted octanol–water partition coefficient (Wildman–Crippen LogP) is 3.97. The summed E-state index contributed by atoms with van der Waals surface area (Å²) < 4.78 is 11.2. The molecule has 2 atom stereocenters. The molecule has 5 nitrogen and oxygen atoms in total. The summed E-state index contributed by atoms with van der Waals surface area (Å²) in [7, 11) is 3.22. The minimum atomic E-state index is -0.265. The average molecular weight is 367 g/mol. The lowest BCUT2D eigenvalue weighted by molar-refractivity contribution is -0.00989. The van der Waals surface area contributed by atoms with Crippen LogP contribution in [0.3, 0.4) is 0 Å². The SMILES string of the molecule is C=C1CC[C@H](C2OCCN2C(=O)OCCSSc2ccccn2)C1. The van der Waals surface area contributed by atoms with Crippen LogP contribution in [0.5, 0.6) is 0 Å². The van der Waals surface area contributed by atoms with Crippen molar-refractivity contribution in [1.82, 2.24) is 9.88 Å². The van der Waals surface area contributed by atoms with Gasteiger partial charge >= 0.3 is 6.09 Å². The average Bonchev–Trinajstić information content (AvgIpc) is 3.24. The molecule has 1 saturated carbocycles. The van der Waals surface area contributed by atoms with Crippen LogP contribution in [-0.2, 0) is 9.47 Å². The Hall–Kier alpha value is -1.18. The Labute approximate surface area is 150 Å². The normalized spacial score (nSPS) is 23.7. The van der Waals surface area contributed by atoms with Crippen LogP contribution in [0.15, 0.2) is 41.6 Å². The molecule has 0 radical (unpaired) electrons. The molecule has 1 amide bonds. The van der Waals surface area contributed by atoms with Gasteiger partial charge in [-0.05, 0) is 42.2 Å². The first-order chi connectivity index (χ1) is 11.7. The molecule has 2 fully saturated rings. The largest absolute Gasteiger partial charge is 0.448 e. The summed E-state index contributed by atoms with van der Waals surface area (Å²) >= 11 is 0. The number of nitrogens with zero attached hydrogens (tertiary/aromatic N) is 2. The van der Waals surface area contributed by atoms with Crippen LogP contribution in [0, 0.1) is 5.92 Å². The molecule has 1 unspecified atom stereocenters. The van der Waals surface area contributed by atoms with Crippen LogP contribution >= 0.6 is 21.6 Å². The Morgan fingerprint density at radius 2 is 2.42 bits per heavy atom. The quantitative estimate of drug-likeness (QED) is 0.431. The van der Waals surface area contributed by atoms with Gasteiger partial charge in [-0.2, -0.15) is 0 Å². The lowest BCUT2D eigenvalue weighted by Gasteiger charge is -2.26. The molecule has 0 aromatic carbocycles. The highest BCUT2D eigenvalue weighted by atomic mass is 33.1. The summed E-state index contributed by atoms with van der Waals surface area (Å²) in [6, 6.07) is 5.82. The van der Waals surface area contributed by atoms with E-state index in [1.165, 1.54) is 5.57 Å². The highest BCUT2D eigenvalue weighted by Gasteiger charge is 2.38. The van der Waals surface area contributed by atoms with Gasteiger partial charge in [0.15, 0.2) is 0 Å². The number of ether oxygens (including phenoxy) is 2. The molecule has 24 heavy (non-hydrogen) atoms. The van der Waals surface area contributed by atoms with Crippen molar-refractivity contribution in [1.29, 1.82) is 0 Å². The third-order valence-corrected chi connectivity index (χ3v) is 6.39. The number of aromatic nitrogens is 1. The number of hydrogen-bond acceptors (Lipinski definition) is 6. The van der Waals surface area contributed by atoms with E-state index in [9.17, 15) is 4.79 Å². The molecule has 1 aromatic heterocycles. The first-order valence-electron chi connectivity index (χ1n) is 8.16. The fourth-order valence-corrected chi connectivity index (χ4v) is 4.73. The van der Waals surface area contributed by atoms with Crippen LogP contribution in [0.4, 0.5) is 4.79 Å². The molecule has 130 valence electrons. The zero-order chi connectivity index (χ0) is 16.8. The van der Waals surface area contributed by atoms with E-state index in [4.69, 9.17) is 9.47 Å². The second kappa shape index (κ2) is 8.78. The van der Waals surface area contributed by atoms with Gasteiger partial charge in [-0.3, -0.25) is 4.90 Å². The van der Waals surface area contributed by atoms with Crippen LogP contribution in [-0.4, -0.2) is 47.7 Å². The van der Waals surface area contributed by atoms with E-state index in [1.54, 1.807) is 32.7 Å². The fraction of sp³-hybridized carbons (Fsp3) is 0.529. The minimum absolute atomic E-state index is 0.146. The van der Waals surface area contributed by atoms with E-state index >= 15 is 0 Å². The van der Waals surface area contributed by atoms with Gasteiger partial charge in [-0.1, -0.05) is 29.0 Å². The molecule has 0 spiro atoms. The summed E-state index contributed by atoms with van der Waals surface area (Å²) in [6.07, 6.45) is 4.39. The van der Waals surface area contributed by atoms with E-state index < -0.39 is 0 Å². The molecule has 7 heteroatoms. The van der Waals surface area contributed by atoms with Crippen molar-refractivity contribution in [2.24, 2.45) is 5.92 Å². The monoisotopic (exact) mass is 366 g/mol. The number of hydrogen-bond donors (Lipinski definition) is 0. The second-order valence-electron chi connectivity index (χ2n) is 5.90. The number of carbonyl (C=O) groups is 1. The molecule has 0 N–H and O–H groups in total. The lowest BCUT2D eigenvalue weighted by Crippen LogP contribution is -2.40. The topological polar surface area (TPSA) is 51.7 Å². The number of amides is 1. The van der Waals surface area contributed by atoms with Crippen molar-refractivity contribution in [3.8, 4) is 0 Å². The maximum absolute atomic E-state index is 12.3. The van der Waals surface area contributed by atoms with E-state index in [1.807, 2.05) is 18.2 Å². The molecule has 1 aliphatic carbocycles. The zero-order valence-corrected chi connectivity index (χ0v) is 15.2. The Morgan fingerprint density at radius 1 is 1.50 bits per heavy atom. The molecule has 3 rings (SSSR count). The molecule has 1 aromatic rings. The van der Waals surface area contributed by atoms with E-state index in [2.05, 4.69) is 11.6 Å². The summed E-state index contributed by atoms with van der Waals surface area (Å²) in [5, 5.41) is 0.961. The number of carbonyl (C=O) groups excluding carboxylic acids is 1. The van der Waals surface area contributed by atoms with Gasteiger partial charge in [0, 0.05) is 17.9 Å². The first kappa shape index (κ1) is 17.6. The maximum atomic E-state index is 12.3. The van der Waals surface area contributed by atoms with Crippen LogP contribution < -0.4 is 0 Å². The predicted molar refractivity (Wildman–Crippen MR) is 96.8 cm³/mol. The van der Waals surface area contributed by atoms with E-state index in [0.717, 1.165) is 30.0 Å². The zero-order valence-electron chi connectivity index (χ0n) is 13.6. The summed E-state index contributed by atoms with van der Waals surface area (Å²) in [5.74, 6) is 1.09. The van der Waals surface area contributed by atoms with Crippen molar-refractivity contribution >= 4 is 27.7 Å². The lowest BCUT2D eigenvalue weighted by atomic mass is 10.1. The molecule has 2 heterocycles. The van der Waals surface area contributed by atoms with Gasteiger partial charge < -0.3 is 9.47 Å². The summed E-state index contributed by atoms with van der Waals surface area (Å²) in [6.45, 7) is 5.64. The Morgan fingerprint density at radius 3 is 3.17 bits per heavy atom. The Balaban J connectivity index is 1.37. The van der Waals surface area contributed by atoms with E-state index in [-0.39, 0.29) is 12.3 Å². The van der Waals surface area contributed by atoms with Crippen molar-refractivity contribution in [3.63, 3.8) is 0 Å². The van der Waals surface area contributed by atoms with Gasteiger partial charge in [-0.25, -0.2) is 9.78 Å². The third-order valence-electron chi connectivity index (χ3n) is 4.16. The number of rotatable bonds is 6. The van der Waals surface area contributed by atoms with E-state index in [0.29, 0.717) is 25.7 Å². The number of allylic oxidation sites excluding steroid dienone is 1. The van der Waals surface area contributed by atoms with Gasteiger partial charge in [-0.15, -0.1) is 0 Å². The Bertz CT molecular complexity index is 570. The third kappa shape index (κ3) is 4.68. The number of pyridine rings is 1. The van der Waals surface area contributed by atoms with Crippen molar-refractivity contribution in [2.75, 3.05) is 25.5 Å². The van der Waals surface area contributed by atoms with Crippen molar-refractivity contribution in [2.45, 2.75) is 30.5 Å². The maximum Gasteiger partial charge on any atom is 0.411 e. The van der Waals surface area contributed by atoms with Crippen LogP contribution in [0.1, 0.15) is 19.3 Å². The van der Waals surface area contributed by atoms with Gasteiger partial charge in [0.25, 0.3) is 0 Å². The van der Waals surface area contributed by atoms with Crippen molar-refractivity contribution < 1.29 is 14.3 Å². The Kier molecular flexibility index (Phi) is 6.45. The standard InChI is InChI=1S/C17H22N2O3S2/c1-13-5-6-14(12-13)16-19(8-9-21-16)17(20)22-10-11-23-24-15-4-2-3-7-18-15/h2-4,7,14,16H,1,5-6,8-12H2/t14-,16?/m0/s1. The molecular formula is C17H22N2O3S2. The summed E-state index contributed by atoms with van der Waals surface area (Å²) in [5.41, 5.74) is 1.26.